The zero-order valence-corrected chi connectivity index (χ0v) is 25.2. The largest absolute Gasteiger partial charge is 0.378 e. The van der Waals surface area contributed by atoms with Crippen molar-refractivity contribution >= 4 is 21.3 Å². The summed E-state index contributed by atoms with van der Waals surface area (Å²) in [6.45, 7) is 2.24. The van der Waals surface area contributed by atoms with E-state index < -0.39 is 20.9 Å². The molecule has 0 spiro atoms. The summed E-state index contributed by atoms with van der Waals surface area (Å²) in [5.41, 5.74) is 5.70. The van der Waals surface area contributed by atoms with E-state index in [2.05, 4.69) is 47.9 Å². The number of allylic oxidation sites excluding steroid dienone is 4. The maximum Gasteiger partial charge on any atom is 0.175 e. The Morgan fingerprint density at radius 3 is 2.34 bits per heavy atom. The Hall–Kier alpha value is -3.14. The SMILES string of the molecule is CN(C)c1ccc([C@H]2C[C@@]3(C)C(CC[C@@]3(O)C#Cc3ccc(S(C)(=O)=O)cc3)C3CCC4=CC(=O)CCC4=C32)cc1. The molecule has 0 aliphatic heterocycles. The van der Waals surface area contributed by atoms with E-state index in [1.165, 1.54) is 28.5 Å². The summed E-state index contributed by atoms with van der Waals surface area (Å²) in [5, 5.41) is 12.3. The molecule has 0 heterocycles. The van der Waals surface area contributed by atoms with Crippen LogP contribution >= 0.6 is 0 Å². The number of rotatable bonds is 3. The Bertz CT molecular complexity index is 1620. The standard InChI is InChI=1S/C35H39NO4S/c1-34-22-31(24-7-10-26(11-8-24)36(2)3)33-29-16-12-27(37)21-25(29)9-15-30(33)32(34)18-20-35(34,38)19-17-23-5-13-28(14-6-23)41(4,39)40/h5-8,10-11,13-14,21,30-32,38H,9,12,15-16,18,20,22H2,1-4H3/t30?,31-,32?,34+,35+/m1/s1. The third-order valence-electron chi connectivity index (χ3n) is 10.4. The number of fused-ring (bicyclic) bond motifs is 4. The second-order valence-electron chi connectivity index (χ2n) is 12.9. The summed E-state index contributed by atoms with van der Waals surface area (Å²) < 4.78 is 23.8. The quantitative estimate of drug-likeness (QED) is 0.470. The van der Waals surface area contributed by atoms with Gasteiger partial charge in [-0.3, -0.25) is 4.79 Å². The van der Waals surface area contributed by atoms with E-state index >= 15 is 0 Å². The molecule has 214 valence electrons. The predicted molar refractivity (Wildman–Crippen MR) is 162 cm³/mol. The molecule has 4 aliphatic rings. The molecule has 1 N–H and O–H groups in total. The minimum atomic E-state index is -3.28. The fraction of sp³-hybridized carbons (Fsp3) is 0.457. The van der Waals surface area contributed by atoms with Crippen molar-refractivity contribution in [2.24, 2.45) is 17.3 Å². The number of benzene rings is 2. The molecular formula is C35H39NO4S. The summed E-state index contributed by atoms with van der Waals surface area (Å²) in [6.07, 6.45) is 8.75. The molecule has 5 nitrogen and oxygen atoms in total. The summed E-state index contributed by atoms with van der Waals surface area (Å²) >= 11 is 0. The zero-order valence-electron chi connectivity index (χ0n) is 24.4. The molecular weight excluding hydrogens is 530 g/mol. The minimum Gasteiger partial charge on any atom is -0.378 e. The van der Waals surface area contributed by atoms with Crippen molar-refractivity contribution < 1.29 is 18.3 Å². The molecule has 2 fully saturated rings. The molecule has 2 aromatic carbocycles. The topological polar surface area (TPSA) is 74.7 Å². The molecule has 0 bridgehead atoms. The van der Waals surface area contributed by atoms with Gasteiger partial charge < -0.3 is 10.0 Å². The van der Waals surface area contributed by atoms with Gasteiger partial charge in [0.25, 0.3) is 0 Å². The summed E-state index contributed by atoms with van der Waals surface area (Å²) in [6, 6.07) is 15.4. The highest BCUT2D eigenvalue weighted by atomic mass is 32.2. The number of sulfone groups is 1. The van der Waals surface area contributed by atoms with Crippen LogP contribution in [-0.4, -0.2) is 45.3 Å². The minimum absolute atomic E-state index is 0.157. The highest BCUT2D eigenvalue weighted by Crippen LogP contribution is 2.66. The number of nitrogens with zero attached hydrogens (tertiary/aromatic N) is 1. The van der Waals surface area contributed by atoms with Crippen LogP contribution in [-0.2, 0) is 14.6 Å². The van der Waals surface area contributed by atoms with E-state index in [9.17, 15) is 18.3 Å². The molecule has 41 heavy (non-hydrogen) atoms. The van der Waals surface area contributed by atoms with E-state index in [4.69, 9.17) is 0 Å². The van der Waals surface area contributed by atoms with Gasteiger partial charge in [0.05, 0.1) is 4.90 Å². The van der Waals surface area contributed by atoms with Crippen molar-refractivity contribution in [1.82, 2.24) is 0 Å². The van der Waals surface area contributed by atoms with Crippen LogP contribution in [0.15, 0.2) is 76.2 Å². The number of hydrogen-bond acceptors (Lipinski definition) is 5. The van der Waals surface area contributed by atoms with Crippen LogP contribution in [0.3, 0.4) is 0 Å². The van der Waals surface area contributed by atoms with Gasteiger partial charge in [-0.25, -0.2) is 8.42 Å². The maximum atomic E-state index is 12.3. The Kier molecular flexibility index (Phi) is 6.83. The molecule has 0 radical (unpaired) electrons. The zero-order chi connectivity index (χ0) is 29.2. The first-order valence-corrected chi connectivity index (χ1v) is 16.6. The van der Waals surface area contributed by atoms with E-state index in [1.54, 1.807) is 24.3 Å². The fourth-order valence-corrected chi connectivity index (χ4v) is 8.77. The van der Waals surface area contributed by atoms with Gasteiger partial charge in [-0.1, -0.05) is 36.5 Å². The Morgan fingerprint density at radius 2 is 1.68 bits per heavy atom. The molecule has 2 saturated carbocycles. The van der Waals surface area contributed by atoms with Crippen LogP contribution in [0.2, 0.25) is 0 Å². The number of ketones is 1. The number of hydrogen-bond donors (Lipinski definition) is 1. The Morgan fingerprint density at radius 1 is 0.976 bits per heavy atom. The van der Waals surface area contributed by atoms with Crippen LogP contribution in [0.4, 0.5) is 5.69 Å². The van der Waals surface area contributed by atoms with E-state index in [0.29, 0.717) is 30.2 Å². The molecule has 5 atom stereocenters. The van der Waals surface area contributed by atoms with Gasteiger partial charge in [0.1, 0.15) is 5.60 Å². The van der Waals surface area contributed by atoms with E-state index in [1.807, 2.05) is 20.2 Å². The van der Waals surface area contributed by atoms with Gasteiger partial charge >= 0.3 is 0 Å². The molecule has 4 aliphatic carbocycles. The predicted octanol–water partition coefficient (Wildman–Crippen LogP) is 5.84. The lowest BCUT2D eigenvalue weighted by atomic mass is 9.51. The second kappa shape index (κ2) is 10.00. The van der Waals surface area contributed by atoms with Crippen molar-refractivity contribution in [3.05, 3.63) is 82.5 Å². The number of carbonyl (C=O) groups is 1. The monoisotopic (exact) mass is 569 g/mol. The van der Waals surface area contributed by atoms with Gasteiger partial charge in [-0.05, 0) is 110 Å². The van der Waals surface area contributed by atoms with Crippen molar-refractivity contribution in [1.29, 1.82) is 0 Å². The van der Waals surface area contributed by atoms with Crippen LogP contribution < -0.4 is 4.90 Å². The average Bonchev–Trinajstić information content (AvgIpc) is 3.21. The van der Waals surface area contributed by atoms with Gasteiger partial charge in [-0.2, -0.15) is 0 Å². The first kappa shape index (κ1) is 28.0. The van der Waals surface area contributed by atoms with Gasteiger partial charge in [-0.15, -0.1) is 0 Å². The lowest BCUT2D eigenvalue weighted by Gasteiger charge is -2.53. The van der Waals surface area contributed by atoms with Crippen molar-refractivity contribution in [2.75, 3.05) is 25.3 Å². The second-order valence-corrected chi connectivity index (χ2v) is 14.9. The van der Waals surface area contributed by atoms with Crippen molar-refractivity contribution in [2.45, 2.75) is 68.3 Å². The fourth-order valence-electron chi connectivity index (χ4n) is 8.14. The third-order valence-corrected chi connectivity index (χ3v) is 11.5. The number of carbonyl (C=O) groups excluding carboxylic acids is 1. The van der Waals surface area contributed by atoms with E-state index in [-0.39, 0.29) is 16.6 Å². The van der Waals surface area contributed by atoms with Crippen molar-refractivity contribution in [3.63, 3.8) is 0 Å². The van der Waals surface area contributed by atoms with Gasteiger partial charge in [0, 0.05) is 49.4 Å². The Labute approximate surface area is 244 Å². The van der Waals surface area contributed by atoms with E-state index in [0.717, 1.165) is 37.8 Å². The first-order valence-electron chi connectivity index (χ1n) is 14.7. The highest BCUT2D eigenvalue weighted by molar-refractivity contribution is 7.90. The average molecular weight is 570 g/mol. The van der Waals surface area contributed by atoms with Crippen LogP contribution in [0.5, 0.6) is 0 Å². The lowest BCUT2D eigenvalue weighted by molar-refractivity contribution is -0.114. The van der Waals surface area contributed by atoms with Gasteiger partial charge in [0.2, 0.25) is 0 Å². The van der Waals surface area contributed by atoms with Gasteiger partial charge in [0.15, 0.2) is 15.6 Å². The third kappa shape index (κ3) is 4.77. The number of aliphatic hydroxyl groups is 1. The lowest BCUT2D eigenvalue weighted by Crippen LogP contribution is -2.51. The molecule has 0 amide bonds. The smallest absolute Gasteiger partial charge is 0.175 e. The summed E-state index contributed by atoms with van der Waals surface area (Å²) in [4.78, 5) is 14.7. The number of anilines is 1. The summed E-state index contributed by atoms with van der Waals surface area (Å²) in [7, 11) is 0.815. The van der Waals surface area contributed by atoms with Crippen LogP contribution in [0.1, 0.15) is 68.9 Å². The molecule has 0 aromatic heterocycles. The molecule has 6 rings (SSSR count). The first-order chi connectivity index (χ1) is 19.4. The normalized spacial score (nSPS) is 30.9. The molecule has 6 heteroatoms. The summed E-state index contributed by atoms with van der Waals surface area (Å²) in [5.74, 6) is 7.58. The van der Waals surface area contributed by atoms with Crippen LogP contribution in [0.25, 0.3) is 0 Å². The molecule has 2 unspecified atom stereocenters. The molecule has 2 aromatic rings. The molecule has 0 saturated heterocycles. The maximum absolute atomic E-state index is 12.3. The Balaban J connectivity index is 1.42. The van der Waals surface area contributed by atoms with Crippen molar-refractivity contribution in [3.8, 4) is 11.8 Å². The van der Waals surface area contributed by atoms with Crippen LogP contribution in [0, 0.1) is 29.1 Å². The highest BCUT2D eigenvalue weighted by Gasteiger charge is 2.62.